The van der Waals surface area contributed by atoms with E-state index >= 15 is 0 Å². The number of benzene rings is 4. The first-order valence-corrected chi connectivity index (χ1v) is 17.4. The topological polar surface area (TPSA) is 51.6 Å². The molecule has 0 aliphatic carbocycles. The Morgan fingerprint density at radius 1 is 0.404 bits per heavy atom. The molecule has 4 heterocycles. The van der Waals surface area contributed by atoms with Gasteiger partial charge < -0.3 is 0 Å². The fourth-order valence-electron chi connectivity index (χ4n) is 6.29. The van der Waals surface area contributed by atoms with Crippen molar-refractivity contribution in [2.75, 3.05) is 0 Å². The molecule has 0 spiro atoms. The molecule has 0 amide bonds. The van der Waals surface area contributed by atoms with E-state index in [9.17, 15) is 8.22 Å². The molecule has 0 saturated heterocycles. The molecule has 52 heavy (non-hydrogen) atoms. The molecule has 0 aliphatic rings. The minimum atomic E-state index is -2.63. The van der Waals surface area contributed by atoms with Gasteiger partial charge in [-0.25, -0.2) is 0 Å². The van der Waals surface area contributed by atoms with Gasteiger partial charge in [0.2, 0.25) is 0 Å². The quantitative estimate of drug-likeness (QED) is 0.129. The summed E-state index contributed by atoms with van der Waals surface area (Å²) in [7, 11) is 0. The van der Waals surface area contributed by atoms with Crippen LogP contribution < -0.4 is 0 Å². The normalized spacial score (nSPS) is 13.7. The third-order valence-corrected chi connectivity index (χ3v) is 9.01. The standard InChI is InChI=1S/C48H40N4/c1-4-11-40(12-5-1)45-26-23-35(32-50-45)18-20-37-29-38(21-19-36-24-27-46(51-33-36)41-13-6-2-7-14-41)31-39(30-37)22-25-43-34-52-47(42-15-8-3-9-16-42)44-17-10-28-49-48(43)44/h1-17,23-24,26-34H,18-22,25H2/i20D2,22D2,25D2. The molecule has 0 aliphatic heterocycles. The zero-order valence-electron chi connectivity index (χ0n) is 34.6. The van der Waals surface area contributed by atoms with E-state index in [1.807, 2.05) is 128 Å². The van der Waals surface area contributed by atoms with Crippen LogP contribution in [0.15, 0.2) is 170 Å². The Morgan fingerprint density at radius 3 is 1.58 bits per heavy atom. The van der Waals surface area contributed by atoms with Crippen LogP contribution in [0.4, 0.5) is 0 Å². The Labute approximate surface area is 314 Å². The summed E-state index contributed by atoms with van der Waals surface area (Å²) in [6.45, 7) is 0. The highest BCUT2D eigenvalue weighted by molar-refractivity contribution is 5.93. The average Bonchev–Trinajstić information content (AvgIpc) is 3.26. The van der Waals surface area contributed by atoms with Crippen LogP contribution in [-0.4, -0.2) is 19.9 Å². The predicted octanol–water partition coefficient (Wildman–Crippen LogP) is 10.8. The van der Waals surface area contributed by atoms with E-state index in [4.69, 9.17) is 0 Å². The van der Waals surface area contributed by atoms with Crippen molar-refractivity contribution in [3.8, 4) is 33.8 Å². The van der Waals surface area contributed by atoms with E-state index in [2.05, 4.69) is 19.9 Å². The molecule has 4 nitrogen and oxygen atoms in total. The first-order chi connectivity index (χ1) is 28.0. The van der Waals surface area contributed by atoms with E-state index in [0.717, 1.165) is 33.6 Å². The van der Waals surface area contributed by atoms with Crippen LogP contribution in [0.1, 0.15) is 41.6 Å². The molecule has 4 aromatic heterocycles. The Hall–Kier alpha value is -6.26. The van der Waals surface area contributed by atoms with Gasteiger partial charge in [-0.3, -0.25) is 19.9 Å². The number of fused-ring (bicyclic) bond motifs is 1. The second-order valence-corrected chi connectivity index (χ2v) is 12.6. The molecule has 0 atom stereocenters. The van der Waals surface area contributed by atoms with Crippen molar-refractivity contribution in [2.24, 2.45) is 0 Å². The molecule has 0 bridgehead atoms. The maximum absolute atomic E-state index is 9.52. The van der Waals surface area contributed by atoms with Crippen LogP contribution in [0.5, 0.6) is 0 Å². The first kappa shape index (κ1) is 26.5. The maximum Gasteiger partial charge on any atom is 0.0796 e. The number of aryl methyl sites for hydroxylation is 6. The minimum absolute atomic E-state index is 0.0110. The van der Waals surface area contributed by atoms with Gasteiger partial charge in [-0.05, 0) is 96.0 Å². The summed E-state index contributed by atoms with van der Waals surface area (Å²) in [6, 6.07) is 45.5. The lowest BCUT2D eigenvalue weighted by Crippen LogP contribution is -2.01. The summed E-state index contributed by atoms with van der Waals surface area (Å²) in [5.41, 5.74) is 8.02. The summed E-state index contributed by atoms with van der Waals surface area (Å²) < 4.78 is 56.7. The predicted molar refractivity (Wildman–Crippen MR) is 213 cm³/mol. The summed E-state index contributed by atoms with van der Waals surface area (Å²) in [5.74, 6) is 0. The largest absolute Gasteiger partial charge is 0.256 e. The monoisotopic (exact) mass is 678 g/mol. The van der Waals surface area contributed by atoms with Crippen molar-refractivity contribution in [3.63, 3.8) is 0 Å². The number of hydrogen-bond acceptors (Lipinski definition) is 4. The number of rotatable bonds is 12. The molecular formula is C48H40N4. The minimum Gasteiger partial charge on any atom is -0.256 e. The van der Waals surface area contributed by atoms with E-state index in [-0.39, 0.29) is 23.1 Å². The summed E-state index contributed by atoms with van der Waals surface area (Å²) >= 11 is 0. The van der Waals surface area contributed by atoms with E-state index in [1.54, 1.807) is 30.6 Å². The van der Waals surface area contributed by atoms with Crippen LogP contribution in [0.3, 0.4) is 0 Å². The lowest BCUT2D eigenvalue weighted by atomic mass is 9.94. The van der Waals surface area contributed by atoms with Gasteiger partial charge in [0.05, 0.1) is 22.6 Å². The number of hydrogen-bond donors (Lipinski definition) is 0. The van der Waals surface area contributed by atoms with Gasteiger partial charge in [0, 0.05) is 55.1 Å². The van der Waals surface area contributed by atoms with Crippen LogP contribution in [0.25, 0.3) is 44.7 Å². The summed E-state index contributed by atoms with van der Waals surface area (Å²) in [6.07, 6.45) is 0.264. The third-order valence-electron chi connectivity index (χ3n) is 9.01. The highest BCUT2D eigenvalue weighted by Crippen LogP contribution is 2.28. The lowest BCUT2D eigenvalue weighted by Gasteiger charge is -2.13. The zero-order valence-corrected chi connectivity index (χ0v) is 28.6. The molecule has 0 N–H and O–H groups in total. The van der Waals surface area contributed by atoms with Crippen LogP contribution >= 0.6 is 0 Å². The Kier molecular flexibility index (Phi) is 8.03. The Bertz CT molecular complexity index is 2660. The van der Waals surface area contributed by atoms with Gasteiger partial charge >= 0.3 is 0 Å². The van der Waals surface area contributed by atoms with Crippen molar-refractivity contribution >= 4 is 10.9 Å². The maximum atomic E-state index is 9.52. The first-order valence-electron chi connectivity index (χ1n) is 20.4. The van der Waals surface area contributed by atoms with E-state index < -0.39 is 19.1 Å². The number of pyridine rings is 4. The second kappa shape index (κ2) is 15.7. The zero-order chi connectivity index (χ0) is 40.3. The van der Waals surface area contributed by atoms with E-state index in [1.165, 1.54) is 12.3 Å². The van der Waals surface area contributed by atoms with Crippen molar-refractivity contribution in [2.45, 2.75) is 38.4 Å². The molecule has 0 saturated carbocycles. The third kappa shape index (κ3) is 7.87. The van der Waals surface area contributed by atoms with Crippen molar-refractivity contribution < 1.29 is 8.22 Å². The highest BCUT2D eigenvalue weighted by Gasteiger charge is 2.12. The fraction of sp³-hybridized carbons (Fsp3) is 0.125. The van der Waals surface area contributed by atoms with Crippen LogP contribution in [0, 0.1) is 0 Å². The average molecular weight is 679 g/mol. The molecule has 0 radical (unpaired) electrons. The highest BCUT2D eigenvalue weighted by atomic mass is 14.7. The van der Waals surface area contributed by atoms with Crippen molar-refractivity contribution in [3.05, 3.63) is 204 Å². The number of nitrogens with zero attached hydrogens (tertiary/aromatic N) is 4. The van der Waals surface area contributed by atoms with Crippen LogP contribution in [-0.2, 0) is 38.4 Å². The van der Waals surface area contributed by atoms with Crippen molar-refractivity contribution in [1.82, 2.24) is 19.9 Å². The molecule has 4 aromatic carbocycles. The van der Waals surface area contributed by atoms with Gasteiger partial charge in [0.15, 0.2) is 0 Å². The second-order valence-electron chi connectivity index (χ2n) is 12.6. The molecule has 0 fully saturated rings. The Morgan fingerprint density at radius 2 is 0.962 bits per heavy atom. The van der Waals surface area contributed by atoms with Gasteiger partial charge in [0.1, 0.15) is 0 Å². The molecule has 252 valence electrons. The molecule has 8 aromatic rings. The lowest BCUT2D eigenvalue weighted by molar-refractivity contribution is 0.898. The van der Waals surface area contributed by atoms with E-state index in [0.29, 0.717) is 40.6 Å². The fourth-order valence-corrected chi connectivity index (χ4v) is 6.29. The molecule has 0 unspecified atom stereocenters. The number of aromatic nitrogens is 4. The SMILES string of the molecule is [2H]C([2H])(Cc1ccc(-c2ccccc2)nc1)c1cc(CCc2ccc(-c3ccccc3)nc2)cc(C([2H])([2H])C([2H])([2H])c2cnc(-c3ccccc3)c3cccnc23)c1. The smallest absolute Gasteiger partial charge is 0.0796 e. The van der Waals surface area contributed by atoms with Gasteiger partial charge in [0.25, 0.3) is 0 Å². The molecular weight excluding hydrogens is 633 g/mol. The van der Waals surface area contributed by atoms with Crippen molar-refractivity contribution in [1.29, 1.82) is 0 Å². The molecule has 8 rings (SSSR count). The summed E-state index contributed by atoms with van der Waals surface area (Å²) in [4.78, 5) is 18.5. The summed E-state index contributed by atoms with van der Waals surface area (Å²) in [5, 5.41) is 0.607. The van der Waals surface area contributed by atoms with Gasteiger partial charge in [-0.1, -0.05) is 121 Å². The van der Waals surface area contributed by atoms with Gasteiger partial charge in [-0.15, -0.1) is 0 Å². The van der Waals surface area contributed by atoms with Gasteiger partial charge in [-0.2, -0.15) is 0 Å². The Balaban J connectivity index is 1.15. The van der Waals surface area contributed by atoms with Crippen LogP contribution in [0.2, 0.25) is 0 Å². The molecule has 4 heteroatoms.